The smallest absolute Gasteiger partial charge is 0.244 e. The maximum Gasteiger partial charge on any atom is 0.244 e. The van der Waals surface area contributed by atoms with E-state index in [2.05, 4.69) is 29.4 Å². The number of hydrogen-bond acceptors (Lipinski definition) is 3. The molecule has 0 spiro atoms. The molecule has 3 rings (SSSR count). The number of amides is 1. The monoisotopic (exact) mass is 359 g/mol. The highest BCUT2D eigenvalue weighted by Crippen LogP contribution is 2.17. The number of carbonyl (C=O) groups is 1. The van der Waals surface area contributed by atoms with Crippen molar-refractivity contribution in [1.29, 1.82) is 0 Å². The molecule has 27 heavy (non-hydrogen) atoms. The number of rotatable bonds is 7. The fraction of sp³-hybridized carbons (Fsp3) is 0.217. The van der Waals surface area contributed by atoms with Gasteiger partial charge in [-0.05, 0) is 42.7 Å². The van der Waals surface area contributed by atoms with Crippen molar-refractivity contribution < 1.29 is 4.79 Å². The van der Waals surface area contributed by atoms with Gasteiger partial charge in [-0.2, -0.15) is 0 Å². The molecule has 4 heteroatoms. The number of nitrogens with zero attached hydrogens (tertiary/aromatic N) is 2. The molecule has 2 aromatic carbocycles. The summed E-state index contributed by atoms with van der Waals surface area (Å²) in [4.78, 5) is 19.2. The van der Waals surface area contributed by atoms with Crippen LogP contribution < -0.4 is 10.2 Å². The van der Waals surface area contributed by atoms with Gasteiger partial charge in [-0.1, -0.05) is 54.6 Å². The summed E-state index contributed by atoms with van der Waals surface area (Å²) < 4.78 is 0. The summed E-state index contributed by atoms with van der Waals surface area (Å²) in [5, 5.41) is 3.50. The lowest BCUT2D eigenvalue weighted by Gasteiger charge is -2.27. The van der Waals surface area contributed by atoms with Crippen LogP contribution >= 0.6 is 0 Å². The average Bonchev–Trinajstić information content (AvgIpc) is 2.74. The normalized spacial score (nSPS) is 13.0. The second kappa shape index (κ2) is 9.10. The third-order valence-electron chi connectivity index (χ3n) is 4.69. The standard InChI is InChI=1S/C23H25N3O/c1-18(20-12-9-15-24-17-20)25-22(16-19-10-5-3-6-11-19)23(27)26(2)21-13-7-4-8-14-21/h3-15,17-18,22,25H,16H2,1-2H3/t18?,22-/m0/s1. The molecule has 0 aliphatic rings. The summed E-state index contributed by atoms with van der Waals surface area (Å²) >= 11 is 0. The van der Waals surface area contributed by atoms with Crippen LogP contribution in [0, 0.1) is 0 Å². The zero-order valence-electron chi connectivity index (χ0n) is 15.7. The van der Waals surface area contributed by atoms with Crippen LogP contribution in [0.2, 0.25) is 0 Å². The predicted octanol–water partition coefficient (Wildman–Crippen LogP) is 4.01. The van der Waals surface area contributed by atoms with Crippen molar-refractivity contribution in [2.75, 3.05) is 11.9 Å². The highest BCUT2D eigenvalue weighted by atomic mass is 16.2. The van der Waals surface area contributed by atoms with E-state index in [1.807, 2.05) is 73.9 Å². The van der Waals surface area contributed by atoms with Crippen molar-refractivity contribution >= 4 is 11.6 Å². The highest BCUT2D eigenvalue weighted by molar-refractivity contribution is 5.96. The van der Waals surface area contributed by atoms with E-state index < -0.39 is 0 Å². The zero-order chi connectivity index (χ0) is 19.1. The van der Waals surface area contributed by atoms with Crippen molar-refractivity contribution in [2.45, 2.75) is 25.4 Å². The predicted molar refractivity (Wildman–Crippen MR) is 110 cm³/mol. The van der Waals surface area contributed by atoms with Crippen LogP contribution in [0.3, 0.4) is 0 Å². The molecule has 1 N–H and O–H groups in total. The minimum atomic E-state index is -0.340. The molecule has 0 saturated heterocycles. The fourth-order valence-corrected chi connectivity index (χ4v) is 3.11. The van der Waals surface area contributed by atoms with Gasteiger partial charge in [0, 0.05) is 31.2 Å². The van der Waals surface area contributed by atoms with Gasteiger partial charge in [0.25, 0.3) is 0 Å². The number of pyridine rings is 1. The molecule has 1 amide bonds. The Morgan fingerprint density at radius 2 is 1.67 bits per heavy atom. The highest BCUT2D eigenvalue weighted by Gasteiger charge is 2.25. The number of anilines is 1. The van der Waals surface area contributed by atoms with Crippen LogP contribution in [0.15, 0.2) is 85.2 Å². The van der Waals surface area contributed by atoms with Gasteiger partial charge in [0.15, 0.2) is 0 Å². The van der Waals surface area contributed by atoms with Crippen LogP contribution in [0.1, 0.15) is 24.1 Å². The zero-order valence-corrected chi connectivity index (χ0v) is 15.7. The number of carbonyl (C=O) groups excluding carboxylic acids is 1. The molecule has 0 saturated carbocycles. The Balaban J connectivity index is 1.81. The quantitative estimate of drug-likeness (QED) is 0.693. The number of aromatic nitrogens is 1. The molecule has 0 fully saturated rings. The molecule has 0 aliphatic heterocycles. The first-order valence-electron chi connectivity index (χ1n) is 9.17. The van der Waals surface area contributed by atoms with E-state index in [4.69, 9.17) is 0 Å². The molecule has 0 aliphatic carbocycles. The second-order valence-electron chi connectivity index (χ2n) is 6.65. The van der Waals surface area contributed by atoms with E-state index >= 15 is 0 Å². The van der Waals surface area contributed by atoms with Gasteiger partial charge >= 0.3 is 0 Å². The molecule has 138 valence electrons. The summed E-state index contributed by atoms with van der Waals surface area (Å²) in [6, 6.07) is 23.4. The summed E-state index contributed by atoms with van der Waals surface area (Å²) in [7, 11) is 1.83. The number of nitrogens with one attached hydrogen (secondary N) is 1. The molecular formula is C23H25N3O. The Morgan fingerprint density at radius 3 is 2.30 bits per heavy atom. The van der Waals surface area contributed by atoms with Crippen LogP contribution in [-0.4, -0.2) is 24.0 Å². The molecule has 1 heterocycles. The number of likely N-dealkylation sites (N-methyl/N-ethyl adjacent to an activating group) is 1. The second-order valence-corrected chi connectivity index (χ2v) is 6.65. The van der Waals surface area contributed by atoms with Crippen LogP contribution in [0.5, 0.6) is 0 Å². The molecule has 1 aromatic heterocycles. The Morgan fingerprint density at radius 1 is 1.00 bits per heavy atom. The Labute approximate surface area is 160 Å². The maximum atomic E-state index is 13.3. The van der Waals surface area contributed by atoms with Crippen molar-refractivity contribution in [3.05, 3.63) is 96.3 Å². The minimum Gasteiger partial charge on any atom is -0.314 e. The molecule has 0 bridgehead atoms. The summed E-state index contributed by atoms with van der Waals surface area (Å²) in [6.07, 6.45) is 4.22. The molecule has 2 atom stereocenters. The number of benzene rings is 2. The van der Waals surface area contributed by atoms with E-state index in [1.165, 1.54) is 0 Å². The van der Waals surface area contributed by atoms with E-state index in [0.717, 1.165) is 16.8 Å². The van der Waals surface area contributed by atoms with E-state index in [1.54, 1.807) is 11.1 Å². The van der Waals surface area contributed by atoms with Crippen LogP contribution in [-0.2, 0) is 11.2 Å². The summed E-state index contributed by atoms with van der Waals surface area (Å²) in [6.45, 7) is 2.06. The van der Waals surface area contributed by atoms with Crippen molar-refractivity contribution in [3.63, 3.8) is 0 Å². The SMILES string of the molecule is CC(N[C@@H](Cc1ccccc1)C(=O)N(C)c1ccccc1)c1cccnc1. The third-order valence-corrected chi connectivity index (χ3v) is 4.69. The van der Waals surface area contributed by atoms with E-state index in [-0.39, 0.29) is 18.0 Å². The molecule has 0 radical (unpaired) electrons. The third kappa shape index (κ3) is 5.02. The fourth-order valence-electron chi connectivity index (χ4n) is 3.11. The Bertz CT molecular complexity index is 837. The summed E-state index contributed by atoms with van der Waals surface area (Å²) in [5.74, 6) is 0.0424. The van der Waals surface area contributed by atoms with Crippen molar-refractivity contribution in [3.8, 4) is 0 Å². The number of para-hydroxylation sites is 1. The van der Waals surface area contributed by atoms with Crippen LogP contribution in [0.25, 0.3) is 0 Å². The first-order chi connectivity index (χ1) is 13.1. The van der Waals surface area contributed by atoms with Crippen molar-refractivity contribution in [1.82, 2.24) is 10.3 Å². The van der Waals surface area contributed by atoms with Gasteiger partial charge < -0.3 is 4.90 Å². The topological polar surface area (TPSA) is 45.2 Å². The van der Waals surface area contributed by atoms with E-state index in [9.17, 15) is 4.79 Å². The van der Waals surface area contributed by atoms with Crippen molar-refractivity contribution in [2.24, 2.45) is 0 Å². The van der Waals surface area contributed by atoms with Gasteiger partial charge in [0.2, 0.25) is 5.91 Å². The van der Waals surface area contributed by atoms with Gasteiger partial charge in [0.1, 0.15) is 0 Å². The lowest BCUT2D eigenvalue weighted by atomic mass is 10.0. The number of hydrogen-bond donors (Lipinski definition) is 1. The molecule has 3 aromatic rings. The maximum absolute atomic E-state index is 13.3. The molecular weight excluding hydrogens is 334 g/mol. The lowest BCUT2D eigenvalue weighted by molar-refractivity contribution is -0.120. The van der Waals surface area contributed by atoms with Crippen LogP contribution in [0.4, 0.5) is 5.69 Å². The largest absolute Gasteiger partial charge is 0.314 e. The first-order valence-corrected chi connectivity index (χ1v) is 9.17. The minimum absolute atomic E-state index is 0.0144. The first kappa shape index (κ1) is 18.8. The van der Waals surface area contributed by atoms with E-state index in [0.29, 0.717) is 6.42 Å². The van der Waals surface area contributed by atoms with Gasteiger partial charge in [-0.25, -0.2) is 0 Å². The lowest BCUT2D eigenvalue weighted by Crippen LogP contribution is -2.47. The average molecular weight is 359 g/mol. The van der Waals surface area contributed by atoms with Gasteiger partial charge in [-0.15, -0.1) is 0 Å². The summed E-state index contributed by atoms with van der Waals surface area (Å²) in [5.41, 5.74) is 3.07. The Kier molecular flexibility index (Phi) is 6.34. The van der Waals surface area contributed by atoms with Gasteiger partial charge in [-0.3, -0.25) is 15.1 Å². The Hall–Kier alpha value is -2.98. The molecule has 4 nitrogen and oxygen atoms in total. The molecule has 1 unspecified atom stereocenters. The van der Waals surface area contributed by atoms with Gasteiger partial charge in [0.05, 0.1) is 6.04 Å².